The highest BCUT2D eigenvalue weighted by molar-refractivity contribution is 7.88. The Kier molecular flexibility index (Phi) is 4.50. The fraction of sp³-hybridized carbons (Fsp3) is 0.500. The van der Waals surface area contributed by atoms with Crippen molar-refractivity contribution >= 4 is 10.0 Å². The summed E-state index contributed by atoms with van der Waals surface area (Å²) in [6.07, 6.45) is 7.80. The lowest BCUT2D eigenvalue weighted by Crippen LogP contribution is -2.39. The third-order valence-electron chi connectivity index (χ3n) is 4.38. The highest BCUT2D eigenvalue weighted by Crippen LogP contribution is 2.23. The number of rotatable bonds is 4. The van der Waals surface area contributed by atoms with Crippen LogP contribution in [-0.2, 0) is 23.5 Å². The number of piperidine rings is 1. The molecule has 23 heavy (non-hydrogen) atoms. The molecule has 6 nitrogen and oxygen atoms in total. The van der Waals surface area contributed by atoms with Crippen molar-refractivity contribution in [1.29, 1.82) is 0 Å². The molecule has 124 valence electrons. The summed E-state index contributed by atoms with van der Waals surface area (Å²) < 4.78 is 26.8. The van der Waals surface area contributed by atoms with E-state index in [1.54, 1.807) is 15.2 Å². The molecule has 0 unspecified atom stereocenters. The maximum absolute atomic E-state index is 11.7. The lowest BCUT2D eigenvalue weighted by Gasteiger charge is -2.30. The summed E-state index contributed by atoms with van der Waals surface area (Å²) in [5.74, 6) is 0.364. The van der Waals surface area contributed by atoms with Crippen LogP contribution >= 0.6 is 0 Å². The molecule has 0 aliphatic carbocycles. The highest BCUT2D eigenvalue weighted by atomic mass is 32.2. The molecular formula is C16H22N4O2S. The number of hydrogen-bond acceptors (Lipinski definition) is 4. The summed E-state index contributed by atoms with van der Waals surface area (Å²) in [5.41, 5.74) is 3.03. The average Bonchev–Trinajstić information content (AvgIpc) is 2.94. The van der Waals surface area contributed by atoms with Gasteiger partial charge in [0.05, 0.1) is 17.6 Å². The van der Waals surface area contributed by atoms with E-state index in [0.29, 0.717) is 19.0 Å². The Labute approximate surface area is 137 Å². The largest absolute Gasteiger partial charge is 0.266 e. The van der Waals surface area contributed by atoms with Crippen LogP contribution in [0.3, 0.4) is 0 Å². The van der Waals surface area contributed by atoms with E-state index in [-0.39, 0.29) is 0 Å². The molecule has 0 aromatic carbocycles. The van der Waals surface area contributed by atoms with Gasteiger partial charge in [-0.15, -0.1) is 0 Å². The molecule has 0 saturated carbocycles. The lowest BCUT2D eigenvalue weighted by atomic mass is 9.93. The lowest BCUT2D eigenvalue weighted by molar-refractivity contribution is 0.266. The first-order chi connectivity index (χ1) is 10.9. The van der Waals surface area contributed by atoms with E-state index >= 15 is 0 Å². The average molecular weight is 334 g/mol. The maximum Gasteiger partial charge on any atom is 0.211 e. The molecule has 1 fully saturated rings. The Balaban J connectivity index is 1.68. The SMILES string of the molecule is Cn1nccc1-c1ccc(C[C@@H]2CCCN(S(C)(=O)=O)C2)cn1. The molecule has 0 N–H and O–H groups in total. The molecule has 0 amide bonds. The first-order valence-corrected chi connectivity index (χ1v) is 9.67. The third kappa shape index (κ3) is 3.79. The number of hydrogen-bond donors (Lipinski definition) is 0. The topological polar surface area (TPSA) is 68.1 Å². The van der Waals surface area contributed by atoms with Crippen molar-refractivity contribution in [3.63, 3.8) is 0 Å². The van der Waals surface area contributed by atoms with E-state index in [4.69, 9.17) is 0 Å². The standard InChI is InChI=1S/C16H22N4O2S/c1-19-16(7-8-18-19)15-6-5-13(11-17-15)10-14-4-3-9-20(12-14)23(2,21)22/h5-8,11,14H,3-4,9-10,12H2,1-2H3/t14-/m0/s1. The van der Waals surface area contributed by atoms with Crippen LogP contribution in [0.4, 0.5) is 0 Å². The normalized spacial score (nSPS) is 19.8. The molecule has 0 spiro atoms. The molecule has 1 aliphatic heterocycles. The molecule has 0 radical (unpaired) electrons. The Bertz CT molecular complexity index is 768. The number of aromatic nitrogens is 3. The monoisotopic (exact) mass is 334 g/mol. The second-order valence-electron chi connectivity index (χ2n) is 6.23. The van der Waals surface area contributed by atoms with Crippen LogP contribution in [-0.4, -0.2) is 46.8 Å². The van der Waals surface area contributed by atoms with Crippen molar-refractivity contribution < 1.29 is 8.42 Å². The molecular weight excluding hydrogens is 312 g/mol. The number of pyridine rings is 1. The molecule has 1 aliphatic rings. The van der Waals surface area contributed by atoms with Crippen LogP contribution < -0.4 is 0 Å². The summed E-state index contributed by atoms with van der Waals surface area (Å²) in [4.78, 5) is 4.52. The van der Waals surface area contributed by atoms with Crippen molar-refractivity contribution in [2.75, 3.05) is 19.3 Å². The minimum Gasteiger partial charge on any atom is -0.266 e. The smallest absolute Gasteiger partial charge is 0.211 e. The fourth-order valence-electron chi connectivity index (χ4n) is 3.15. The minimum atomic E-state index is -3.08. The van der Waals surface area contributed by atoms with Gasteiger partial charge >= 0.3 is 0 Å². The number of nitrogens with zero attached hydrogens (tertiary/aromatic N) is 4. The van der Waals surface area contributed by atoms with E-state index in [1.165, 1.54) is 6.26 Å². The third-order valence-corrected chi connectivity index (χ3v) is 5.65. The van der Waals surface area contributed by atoms with Gasteiger partial charge in [0.2, 0.25) is 10.0 Å². The number of sulfonamides is 1. The van der Waals surface area contributed by atoms with Gasteiger partial charge in [0.25, 0.3) is 0 Å². The first kappa shape index (κ1) is 16.1. The summed E-state index contributed by atoms with van der Waals surface area (Å²) in [6.45, 7) is 1.26. The predicted octanol–water partition coefficient (Wildman–Crippen LogP) is 1.70. The van der Waals surface area contributed by atoms with Crippen molar-refractivity contribution in [3.05, 3.63) is 36.2 Å². The summed E-state index contributed by atoms with van der Waals surface area (Å²) >= 11 is 0. The van der Waals surface area contributed by atoms with Crippen LogP contribution in [0.5, 0.6) is 0 Å². The molecule has 2 aromatic heterocycles. The Hall–Kier alpha value is -1.73. The van der Waals surface area contributed by atoms with E-state index in [2.05, 4.69) is 16.1 Å². The van der Waals surface area contributed by atoms with Gasteiger partial charge in [0, 0.05) is 32.5 Å². The van der Waals surface area contributed by atoms with E-state index in [1.807, 2.05) is 25.4 Å². The Morgan fingerprint density at radius 2 is 2.13 bits per heavy atom. The summed E-state index contributed by atoms with van der Waals surface area (Å²) in [7, 11) is -1.19. The van der Waals surface area contributed by atoms with Gasteiger partial charge in [-0.25, -0.2) is 12.7 Å². The van der Waals surface area contributed by atoms with Crippen LogP contribution in [0.2, 0.25) is 0 Å². The molecule has 3 rings (SSSR count). The molecule has 0 bridgehead atoms. The Morgan fingerprint density at radius 3 is 2.74 bits per heavy atom. The predicted molar refractivity (Wildman–Crippen MR) is 89.3 cm³/mol. The highest BCUT2D eigenvalue weighted by Gasteiger charge is 2.25. The molecule has 7 heteroatoms. The van der Waals surface area contributed by atoms with Gasteiger partial charge in [-0.3, -0.25) is 9.67 Å². The maximum atomic E-state index is 11.7. The Morgan fingerprint density at radius 1 is 1.30 bits per heavy atom. The van der Waals surface area contributed by atoms with Gasteiger partial charge in [-0.1, -0.05) is 6.07 Å². The minimum absolute atomic E-state index is 0.364. The van der Waals surface area contributed by atoms with E-state index < -0.39 is 10.0 Å². The zero-order valence-corrected chi connectivity index (χ0v) is 14.3. The van der Waals surface area contributed by atoms with Crippen molar-refractivity contribution in [2.24, 2.45) is 13.0 Å². The van der Waals surface area contributed by atoms with Crippen LogP contribution in [0.25, 0.3) is 11.4 Å². The zero-order chi connectivity index (χ0) is 16.4. The van der Waals surface area contributed by atoms with Crippen molar-refractivity contribution in [3.8, 4) is 11.4 Å². The molecule has 3 heterocycles. The van der Waals surface area contributed by atoms with Crippen molar-refractivity contribution in [1.82, 2.24) is 19.1 Å². The summed E-state index contributed by atoms with van der Waals surface area (Å²) in [5, 5.41) is 4.15. The first-order valence-electron chi connectivity index (χ1n) is 7.82. The van der Waals surface area contributed by atoms with Gasteiger partial charge in [-0.05, 0) is 42.9 Å². The molecule has 2 aromatic rings. The van der Waals surface area contributed by atoms with Gasteiger partial charge in [-0.2, -0.15) is 5.10 Å². The number of aryl methyl sites for hydroxylation is 1. The molecule has 1 atom stereocenters. The second-order valence-corrected chi connectivity index (χ2v) is 8.21. The zero-order valence-electron chi connectivity index (χ0n) is 13.5. The second kappa shape index (κ2) is 6.41. The van der Waals surface area contributed by atoms with E-state index in [9.17, 15) is 8.42 Å². The van der Waals surface area contributed by atoms with Gasteiger partial charge in [0.15, 0.2) is 0 Å². The van der Waals surface area contributed by atoms with Crippen molar-refractivity contribution in [2.45, 2.75) is 19.3 Å². The van der Waals surface area contributed by atoms with Gasteiger partial charge in [0.1, 0.15) is 0 Å². The molecule has 1 saturated heterocycles. The fourth-order valence-corrected chi connectivity index (χ4v) is 4.09. The van der Waals surface area contributed by atoms with Crippen LogP contribution in [0.1, 0.15) is 18.4 Å². The van der Waals surface area contributed by atoms with Gasteiger partial charge < -0.3 is 0 Å². The quantitative estimate of drug-likeness (QED) is 0.853. The van der Waals surface area contributed by atoms with Crippen LogP contribution in [0.15, 0.2) is 30.6 Å². The summed E-state index contributed by atoms with van der Waals surface area (Å²) in [6, 6.07) is 6.02. The van der Waals surface area contributed by atoms with Crippen LogP contribution in [0, 0.1) is 5.92 Å². The van der Waals surface area contributed by atoms with E-state index in [0.717, 1.165) is 36.2 Å².